The molecule has 1 aliphatic heterocycles. The van der Waals surface area contributed by atoms with Crippen LogP contribution in [0.2, 0.25) is 0 Å². The van der Waals surface area contributed by atoms with Crippen LogP contribution in [0.1, 0.15) is 18.4 Å². The average molecular weight is 420 g/mol. The van der Waals surface area contributed by atoms with Crippen molar-refractivity contribution in [1.29, 1.82) is 0 Å². The lowest BCUT2D eigenvalue weighted by atomic mass is 9.98. The number of amides is 2. The number of benzene rings is 2. The van der Waals surface area contributed by atoms with E-state index in [2.05, 4.69) is 47.6 Å². The Hall–Kier alpha value is -3.12. The maximum Gasteiger partial charge on any atom is 0.317 e. The molecule has 0 saturated carbocycles. The number of hydrogen-bond donors (Lipinski definition) is 1. The number of aryl methyl sites for hydroxylation is 1. The fourth-order valence-corrected chi connectivity index (χ4v) is 4.06. The van der Waals surface area contributed by atoms with Crippen molar-refractivity contribution in [2.24, 2.45) is 0 Å². The van der Waals surface area contributed by atoms with Crippen LogP contribution in [0.25, 0.3) is 22.0 Å². The second-order valence-corrected chi connectivity index (χ2v) is 7.87. The summed E-state index contributed by atoms with van der Waals surface area (Å²) in [6.45, 7) is 4.57. The van der Waals surface area contributed by atoms with Crippen LogP contribution in [0.5, 0.6) is 5.75 Å². The van der Waals surface area contributed by atoms with Gasteiger partial charge in [-0.25, -0.2) is 4.79 Å². The Labute approximate surface area is 183 Å². The normalized spacial score (nSPS) is 14.6. The number of fused-ring (bicyclic) bond motifs is 1. The number of piperidine rings is 1. The van der Waals surface area contributed by atoms with Gasteiger partial charge in [0.2, 0.25) is 0 Å². The van der Waals surface area contributed by atoms with E-state index in [1.54, 1.807) is 7.11 Å². The SMILES string of the molecule is COCCNC(=O)N1CCC(Oc2ccc(-c3ccc4cccnc4c3C)cc2)CC1. The summed E-state index contributed by atoms with van der Waals surface area (Å²) in [5, 5.41) is 4.03. The van der Waals surface area contributed by atoms with Crippen molar-refractivity contribution in [3.63, 3.8) is 0 Å². The fourth-order valence-electron chi connectivity index (χ4n) is 4.06. The highest BCUT2D eigenvalue weighted by molar-refractivity contribution is 5.88. The topological polar surface area (TPSA) is 63.7 Å². The molecule has 2 amide bonds. The Bertz CT molecular complexity index is 1030. The Balaban J connectivity index is 1.35. The van der Waals surface area contributed by atoms with Crippen LogP contribution in [0, 0.1) is 6.92 Å². The van der Waals surface area contributed by atoms with Gasteiger partial charge in [-0.2, -0.15) is 0 Å². The first-order valence-electron chi connectivity index (χ1n) is 10.8. The van der Waals surface area contributed by atoms with E-state index in [1.807, 2.05) is 29.3 Å². The van der Waals surface area contributed by atoms with Crippen LogP contribution in [-0.2, 0) is 4.74 Å². The first kappa shape index (κ1) is 21.1. The van der Waals surface area contributed by atoms with Crippen LogP contribution >= 0.6 is 0 Å². The lowest BCUT2D eigenvalue weighted by Crippen LogP contribution is -2.47. The van der Waals surface area contributed by atoms with Crippen molar-refractivity contribution >= 4 is 16.9 Å². The number of carbonyl (C=O) groups excluding carboxylic acids is 1. The standard InChI is InChI=1S/C25H29N3O3/c1-18-23(10-7-20-4-3-13-26-24(18)20)19-5-8-21(9-6-19)31-22-11-15-28(16-12-22)25(29)27-14-17-30-2/h3-10,13,22H,11-12,14-17H2,1-2H3,(H,27,29). The molecule has 2 aromatic carbocycles. The molecular weight excluding hydrogens is 390 g/mol. The van der Waals surface area contributed by atoms with Gasteiger partial charge in [0, 0.05) is 51.2 Å². The molecule has 31 heavy (non-hydrogen) atoms. The number of nitrogens with one attached hydrogen (secondary N) is 1. The average Bonchev–Trinajstić information content (AvgIpc) is 2.81. The molecule has 0 unspecified atom stereocenters. The number of carbonyl (C=O) groups is 1. The van der Waals surface area contributed by atoms with Gasteiger partial charge >= 0.3 is 6.03 Å². The van der Waals surface area contributed by atoms with E-state index in [-0.39, 0.29) is 12.1 Å². The zero-order valence-corrected chi connectivity index (χ0v) is 18.1. The number of nitrogens with zero attached hydrogens (tertiary/aromatic N) is 2. The molecule has 1 aliphatic rings. The molecule has 1 saturated heterocycles. The largest absolute Gasteiger partial charge is 0.490 e. The minimum absolute atomic E-state index is 0.0277. The molecule has 0 bridgehead atoms. The van der Waals surface area contributed by atoms with Crippen molar-refractivity contribution in [1.82, 2.24) is 15.2 Å². The molecule has 0 radical (unpaired) electrons. The van der Waals surface area contributed by atoms with Gasteiger partial charge in [0.25, 0.3) is 0 Å². The number of hydrogen-bond acceptors (Lipinski definition) is 4. The highest BCUT2D eigenvalue weighted by atomic mass is 16.5. The van der Waals surface area contributed by atoms with E-state index in [0.717, 1.165) is 35.1 Å². The highest BCUT2D eigenvalue weighted by Crippen LogP contribution is 2.30. The van der Waals surface area contributed by atoms with Crippen LogP contribution in [0.15, 0.2) is 54.7 Å². The Morgan fingerprint density at radius 3 is 2.65 bits per heavy atom. The van der Waals surface area contributed by atoms with Gasteiger partial charge in [0.1, 0.15) is 11.9 Å². The van der Waals surface area contributed by atoms with Crippen molar-refractivity contribution in [2.75, 3.05) is 33.4 Å². The van der Waals surface area contributed by atoms with Gasteiger partial charge in [-0.1, -0.05) is 30.3 Å². The maximum absolute atomic E-state index is 12.1. The van der Waals surface area contributed by atoms with Gasteiger partial charge in [-0.05, 0) is 41.8 Å². The van der Waals surface area contributed by atoms with E-state index in [4.69, 9.17) is 9.47 Å². The van der Waals surface area contributed by atoms with Crippen molar-refractivity contribution in [2.45, 2.75) is 25.9 Å². The summed E-state index contributed by atoms with van der Waals surface area (Å²) in [6, 6.07) is 16.6. The molecule has 1 aromatic heterocycles. The molecule has 4 rings (SSSR count). The minimum Gasteiger partial charge on any atom is -0.490 e. The van der Waals surface area contributed by atoms with Gasteiger partial charge in [0.05, 0.1) is 12.1 Å². The summed E-state index contributed by atoms with van der Waals surface area (Å²) in [5.74, 6) is 0.864. The highest BCUT2D eigenvalue weighted by Gasteiger charge is 2.23. The number of methoxy groups -OCH3 is 1. The van der Waals surface area contributed by atoms with Crippen LogP contribution < -0.4 is 10.1 Å². The molecule has 162 valence electrons. The smallest absolute Gasteiger partial charge is 0.317 e. The number of pyridine rings is 1. The number of likely N-dealkylation sites (tertiary alicyclic amines) is 1. The maximum atomic E-state index is 12.1. The molecule has 1 N–H and O–H groups in total. The molecule has 0 aliphatic carbocycles. The van der Waals surface area contributed by atoms with Crippen LogP contribution in [0.4, 0.5) is 4.79 Å². The van der Waals surface area contributed by atoms with E-state index < -0.39 is 0 Å². The number of rotatable bonds is 6. The minimum atomic E-state index is -0.0277. The number of urea groups is 1. The predicted molar refractivity (Wildman–Crippen MR) is 122 cm³/mol. The predicted octanol–water partition coefficient (Wildman–Crippen LogP) is 4.41. The van der Waals surface area contributed by atoms with Crippen LogP contribution in [-0.4, -0.2) is 55.4 Å². The van der Waals surface area contributed by atoms with E-state index in [0.29, 0.717) is 26.2 Å². The van der Waals surface area contributed by atoms with Gasteiger partial charge in [0.15, 0.2) is 0 Å². The van der Waals surface area contributed by atoms with Gasteiger partial charge < -0.3 is 19.7 Å². The summed E-state index contributed by atoms with van der Waals surface area (Å²) in [7, 11) is 1.63. The lowest BCUT2D eigenvalue weighted by molar-refractivity contribution is 0.110. The Morgan fingerprint density at radius 1 is 1.13 bits per heavy atom. The fraction of sp³-hybridized carbons (Fsp3) is 0.360. The Kier molecular flexibility index (Phi) is 6.67. The molecule has 6 nitrogen and oxygen atoms in total. The van der Waals surface area contributed by atoms with E-state index >= 15 is 0 Å². The quantitative estimate of drug-likeness (QED) is 0.601. The summed E-state index contributed by atoms with van der Waals surface area (Å²) < 4.78 is 11.2. The number of aromatic nitrogens is 1. The first-order chi connectivity index (χ1) is 15.2. The molecule has 0 atom stereocenters. The third-order valence-electron chi connectivity index (χ3n) is 5.81. The molecule has 6 heteroatoms. The third-order valence-corrected chi connectivity index (χ3v) is 5.81. The van der Waals surface area contributed by atoms with E-state index in [9.17, 15) is 4.79 Å². The second kappa shape index (κ2) is 9.79. The Morgan fingerprint density at radius 2 is 1.90 bits per heavy atom. The van der Waals surface area contributed by atoms with Crippen molar-refractivity contribution in [3.8, 4) is 16.9 Å². The third kappa shape index (κ3) is 4.97. The van der Waals surface area contributed by atoms with Crippen molar-refractivity contribution < 1.29 is 14.3 Å². The van der Waals surface area contributed by atoms with Crippen molar-refractivity contribution in [3.05, 3.63) is 60.3 Å². The molecule has 2 heterocycles. The molecule has 1 fully saturated rings. The second-order valence-electron chi connectivity index (χ2n) is 7.87. The van der Waals surface area contributed by atoms with E-state index in [1.165, 1.54) is 11.1 Å². The number of ether oxygens (including phenoxy) is 2. The zero-order valence-electron chi connectivity index (χ0n) is 18.1. The van der Waals surface area contributed by atoms with Gasteiger partial charge in [-0.3, -0.25) is 4.98 Å². The summed E-state index contributed by atoms with van der Waals surface area (Å²) in [6.07, 6.45) is 3.62. The summed E-state index contributed by atoms with van der Waals surface area (Å²) >= 11 is 0. The molecule has 3 aromatic rings. The lowest BCUT2D eigenvalue weighted by Gasteiger charge is -2.32. The summed E-state index contributed by atoms with van der Waals surface area (Å²) in [5.41, 5.74) is 4.56. The zero-order chi connectivity index (χ0) is 21.6. The van der Waals surface area contributed by atoms with Gasteiger partial charge in [-0.15, -0.1) is 0 Å². The van der Waals surface area contributed by atoms with Crippen LogP contribution in [0.3, 0.4) is 0 Å². The summed E-state index contributed by atoms with van der Waals surface area (Å²) in [4.78, 5) is 18.5. The molecule has 0 spiro atoms. The monoisotopic (exact) mass is 419 g/mol. The molecular formula is C25H29N3O3. The first-order valence-corrected chi connectivity index (χ1v) is 10.8.